The SMILES string of the molecule is Cc1nnc2ccc(-c3cnc(C(C)(C)O)nc3)cc2c1Cc1ccccc1OC(F)F. The molecule has 4 rings (SSSR count). The Hall–Kier alpha value is -3.52. The smallest absolute Gasteiger partial charge is 0.387 e. The second-order valence-electron chi connectivity index (χ2n) is 8.01. The molecule has 0 atom stereocenters. The maximum atomic E-state index is 12.8. The second-order valence-corrected chi connectivity index (χ2v) is 8.01. The molecule has 0 aliphatic heterocycles. The summed E-state index contributed by atoms with van der Waals surface area (Å²) in [6.07, 6.45) is 3.68. The van der Waals surface area contributed by atoms with E-state index in [4.69, 9.17) is 4.74 Å². The lowest BCUT2D eigenvalue weighted by Gasteiger charge is -2.15. The number of aliphatic hydroxyl groups is 1. The Kier molecular flexibility index (Phi) is 5.80. The first-order chi connectivity index (χ1) is 15.2. The fraction of sp³-hybridized carbons (Fsp3) is 0.250. The van der Waals surface area contributed by atoms with E-state index in [-0.39, 0.29) is 5.75 Å². The fourth-order valence-corrected chi connectivity index (χ4v) is 3.50. The third-order valence-electron chi connectivity index (χ3n) is 5.15. The molecule has 4 aromatic rings. The van der Waals surface area contributed by atoms with Gasteiger partial charge in [0.1, 0.15) is 11.4 Å². The Morgan fingerprint density at radius 1 is 1.00 bits per heavy atom. The van der Waals surface area contributed by atoms with Crippen LogP contribution < -0.4 is 4.74 Å². The molecule has 0 saturated heterocycles. The zero-order valence-corrected chi connectivity index (χ0v) is 17.9. The highest BCUT2D eigenvalue weighted by Gasteiger charge is 2.19. The maximum absolute atomic E-state index is 12.8. The fourth-order valence-electron chi connectivity index (χ4n) is 3.50. The number of para-hydroxylation sites is 1. The van der Waals surface area contributed by atoms with Gasteiger partial charge in [-0.2, -0.15) is 19.0 Å². The summed E-state index contributed by atoms with van der Waals surface area (Å²) in [4.78, 5) is 8.55. The lowest BCUT2D eigenvalue weighted by molar-refractivity contribution is -0.0503. The summed E-state index contributed by atoms with van der Waals surface area (Å²) in [6, 6.07) is 12.4. The normalized spacial score (nSPS) is 11.8. The number of rotatable bonds is 6. The van der Waals surface area contributed by atoms with Crippen LogP contribution in [0.2, 0.25) is 0 Å². The number of hydrogen-bond acceptors (Lipinski definition) is 6. The van der Waals surface area contributed by atoms with E-state index >= 15 is 0 Å². The van der Waals surface area contributed by atoms with Crippen molar-refractivity contribution in [1.82, 2.24) is 20.2 Å². The quantitative estimate of drug-likeness (QED) is 0.467. The second kappa shape index (κ2) is 8.55. The number of fused-ring (bicyclic) bond motifs is 1. The molecule has 0 saturated carbocycles. The number of alkyl halides is 2. The molecule has 0 unspecified atom stereocenters. The molecule has 32 heavy (non-hydrogen) atoms. The number of aryl methyl sites for hydroxylation is 1. The van der Waals surface area contributed by atoms with Crippen molar-refractivity contribution < 1.29 is 18.6 Å². The standard InChI is InChI=1S/C24H22F2N4O2/c1-14-18(11-16-6-4-5-7-21(16)32-23(25)26)19-10-15(8-9-20(19)30-29-14)17-12-27-22(28-13-17)24(2,3)31/h4-10,12-13,23,31H,11H2,1-3H3. The predicted octanol–water partition coefficient (Wildman–Crippen LogP) is 4.81. The van der Waals surface area contributed by atoms with Gasteiger partial charge in [-0.25, -0.2) is 9.97 Å². The minimum atomic E-state index is -2.90. The molecule has 0 aliphatic rings. The zero-order chi connectivity index (χ0) is 22.9. The van der Waals surface area contributed by atoms with Crippen LogP contribution in [-0.4, -0.2) is 31.9 Å². The van der Waals surface area contributed by atoms with E-state index in [1.54, 1.807) is 44.4 Å². The molecule has 2 heterocycles. The summed E-state index contributed by atoms with van der Waals surface area (Å²) in [6.45, 7) is 2.19. The summed E-state index contributed by atoms with van der Waals surface area (Å²) >= 11 is 0. The van der Waals surface area contributed by atoms with Crippen LogP contribution in [0, 0.1) is 6.92 Å². The molecule has 8 heteroatoms. The van der Waals surface area contributed by atoms with Crippen molar-refractivity contribution in [2.75, 3.05) is 0 Å². The molecule has 0 spiro atoms. The highest BCUT2D eigenvalue weighted by atomic mass is 19.3. The molecule has 0 fully saturated rings. The number of ether oxygens (including phenoxy) is 1. The van der Waals surface area contributed by atoms with Crippen molar-refractivity contribution in [1.29, 1.82) is 0 Å². The molecule has 2 aromatic heterocycles. The van der Waals surface area contributed by atoms with Gasteiger partial charge in [0.2, 0.25) is 0 Å². The summed E-state index contributed by atoms with van der Waals surface area (Å²) < 4.78 is 30.4. The van der Waals surface area contributed by atoms with Gasteiger partial charge in [-0.05, 0) is 55.7 Å². The monoisotopic (exact) mass is 436 g/mol. The Labute approximate surface area is 184 Å². The highest BCUT2D eigenvalue weighted by molar-refractivity contribution is 5.87. The van der Waals surface area contributed by atoms with Gasteiger partial charge in [-0.3, -0.25) is 0 Å². The van der Waals surface area contributed by atoms with Gasteiger partial charge in [0, 0.05) is 29.8 Å². The first kappa shape index (κ1) is 21.7. The molecule has 6 nitrogen and oxygen atoms in total. The van der Waals surface area contributed by atoms with E-state index in [2.05, 4.69) is 20.2 Å². The summed E-state index contributed by atoms with van der Waals surface area (Å²) in [5, 5.41) is 19.4. The topological polar surface area (TPSA) is 81.0 Å². The van der Waals surface area contributed by atoms with Crippen molar-refractivity contribution in [3.63, 3.8) is 0 Å². The van der Waals surface area contributed by atoms with Gasteiger partial charge < -0.3 is 9.84 Å². The molecular weight excluding hydrogens is 414 g/mol. The molecule has 164 valence electrons. The van der Waals surface area contributed by atoms with Crippen molar-refractivity contribution in [3.8, 4) is 16.9 Å². The molecule has 0 radical (unpaired) electrons. The highest BCUT2D eigenvalue weighted by Crippen LogP contribution is 2.30. The molecule has 0 bridgehead atoms. The van der Waals surface area contributed by atoms with Crippen LogP contribution in [-0.2, 0) is 12.0 Å². The van der Waals surface area contributed by atoms with Gasteiger partial charge in [0.15, 0.2) is 5.82 Å². The van der Waals surface area contributed by atoms with Crippen molar-refractivity contribution in [2.45, 2.75) is 39.4 Å². The van der Waals surface area contributed by atoms with Gasteiger partial charge in [-0.1, -0.05) is 24.3 Å². The number of hydrogen-bond donors (Lipinski definition) is 1. The minimum absolute atomic E-state index is 0.138. The van der Waals surface area contributed by atoms with Crippen molar-refractivity contribution in [3.05, 3.63) is 77.5 Å². The summed E-state index contributed by atoms with van der Waals surface area (Å²) in [7, 11) is 0. The largest absolute Gasteiger partial charge is 0.435 e. The number of nitrogens with zero attached hydrogens (tertiary/aromatic N) is 4. The van der Waals surface area contributed by atoms with Gasteiger partial charge >= 0.3 is 6.61 Å². The molecule has 2 aromatic carbocycles. The van der Waals surface area contributed by atoms with E-state index in [9.17, 15) is 13.9 Å². The van der Waals surface area contributed by atoms with E-state index in [0.717, 1.165) is 22.1 Å². The van der Waals surface area contributed by atoms with Crippen LogP contribution in [0.15, 0.2) is 54.9 Å². The first-order valence-corrected chi connectivity index (χ1v) is 10.1. The number of aromatic nitrogens is 4. The Morgan fingerprint density at radius 2 is 1.72 bits per heavy atom. The summed E-state index contributed by atoms with van der Waals surface area (Å²) in [5.74, 6) is 0.471. The summed E-state index contributed by atoms with van der Waals surface area (Å²) in [5.41, 5.74) is 3.41. The Morgan fingerprint density at radius 3 is 2.41 bits per heavy atom. The first-order valence-electron chi connectivity index (χ1n) is 10.1. The van der Waals surface area contributed by atoms with E-state index in [1.807, 2.05) is 25.1 Å². The predicted molar refractivity (Wildman–Crippen MR) is 116 cm³/mol. The van der Waals surface area contributed by atoms with Gasteiger partial charge in [0.05, 0.1) is 11.2 Å². The van der Waals surface area contributed by atoms with Crippen LogP contribution >= 0.6 is 0 Å². The van der Waals surface area contributed by atoms with Crippen LogP contribution in [0.1, 0.15) is 36.5 Å². The van der Waals surface area contributed by atoms with Gasteiger partial charge in [-0.15, -0.1) is 0 Å². The van der Waals surface area contributed by atoms with Crippen LogP contribution in [0.3, 0.4) is 0 Å². The Bertz CT molecular complexity index is 1260. The number of benzene rings is 2. The molecular formula is C24H22F2N4O2. The van der Waals surface area contributed by atoms with Gasteiger partial charge in [0.25, 0.3) is 0 Å². The third kappa shape index (κ3) is 4.55. The number of halogens is 2. The molecule has 1 N–H and O–H groups in total. The van der Waals surface area contributed by atoms with Crippen LogP contribution in [0.25, 0.3) is 22.0 Å². The third-order valence-corrected chi connectivity index (χ3v) is 5.15. The molecule has 0 amide bonds. The Balaban J connectivity index is 1.77. The van der Waals surface area contributed by atoms with E-state index in [0.29, 0.717) is 29.0 Å². The zero-order valence-electron chi connectivity index (χ0n) is 17.9. The lowest BCUT2D eigenvalue weighted by atomic mass is 9.97. The lowest BCUT2D eigenvalue weighted by Crippen LogP contribution is -2.19. The van der Waals surface area contributed by atoms with Crippen molar-refractivity contribution in [2.24, 2.45) is 0 Å². The van der Waals surface area contributed by atoms with Crippen LogP contribution in [0.4, 0.5) is 8.78 Å². The van der Waals surface area contributed by atoms with E-state index in [1.165, 1.54) is 6.07 Å². The van der Waals surface area contributed by atoms with Crippen molar-refractivity contribution >= 4 is 10.9 Å². The molecule has 0 aliphatic carbocycles. The maximum Gasteiger partial charge on any atom is 0.387 e. The van der Waals surface area contributed by atoms with E-state index < -0.39 is 12.2 Å². The minimum Gasteiger partial charge on any atom is -0.435 e. The van der Waals surface area contributed by atoms with Crippen LogP contribution in [0.5, 0.6) is 5.75 Å². The average molecular weight is 436 g/mol. The average Bonchev–Trinajstić information content (AvgIpc) is 2.76.